The lowest BCUT2D eigenvalue weighted by molar-refractivity contribution is -0.746. The van der Waals surface area contributed by atoms with Gasteiger partial charge >= 0.3 is 0 Å². The quantitative estimate of drug-likeness (QED) is 0.608. The molecule has 0 radical (unpaired) electrons. The average Bonchev–Trinajstić information content (AvgIpc) is 3.35. The van der Waals surface area contributed by atoms with Gasteiger partial charge in [0.1, 0.15) is 0 Å². The number of rotatable bonds is 4. The molecular weight excluding hydrogens is 358 g/mol. The topological polar surface area (TPSA) is 43.8 Å². The molecule has 2 aromatic carbocycles. The molecule has 6 rings (SSSR count). The summed E-state index contributed by atoms with van der Waals surface area (Å²) in [7, 11) is 0. The number of para-hydroxylation sites is 1. The summed E-state index contributed by atoms with van der Waals surface area (Å²) in [5.74, 6) is 0. The van der Waals surface area contributed by atoms with Gasteiger partial charge in [-0.15, -0.1) is 4.59 Å². The minimum absolute atomic E-state index is 0.498. The molecular formula is C24H22N5+. The van der Waals surface area contributed by atoms with Crippen molar-refractivity contribution < 1.29 is 4.59 Å². The van der Waals surface area contributed by atoms with E-state index in [1.807, 2.05) is 25.0 Å². The average molecular weight is 380 g/mol. The van der Waals surface area contributed by atoms with E-state index >= 15 is 0 Å². The van der Waals surface area contributed by atoms with Gasteiger partial charge in [-0.2, -0.15) is 0 Å². The normalized spacial score (nSPS) is 22.6. The summed E-state index contributed by atoms with van der Waals surface area (Å²) in [6, 6.07) is 17.9. The number of nitrogens with zero attached hydrogens (tertiary/aromatic N) is 4. The number of anilines is 1. The van der Waals surface area contributed by atoms with Gasteiger partial charge in [-0.05, 0) is 43.0 Å². The fourth-order valence-electron chi connectivity index (χ4n) is 4.54. The third-order valence-electron chi connectivity index (χ3n) is 6.26. The Morgan fingerprint density at radius 2 is 1.86 bits per heavy atom. The summed E-state index contributed by atoms with van der Waals surface area (Å²) in [6.07, 6.45) is 15.6. The molecule has 0 amide bonds. The lowest BCUT2D eigenvalue weighted by Crippen LogP contribution is -2.61. The Bertz CT molecular complexity index is 1190. The first kappa shape index (κ1) is 16.5. The first-order valence-electron chi connectivity index (χ1n) is 10.2. The number of benzene rings is 2. The van der Waals surface area contributed by atoms with Crippen LogP contribution in [0.4, 0.5) is 5.69 Å². The third kappa shape index (κ3) is 2.44. The van der Waals surface area contributed by atoms with E-state index in [2.05, 4.69) is 80.9 Å². The first-order valence-corrected chi connectivity index (χ1v) is 10.2. The summed E-state index contributed by atoms with van der Waals surface area (Å²) in [5, 5.41) is 3.73. The van der Waals surface area contributed by atoms with Gasteiger partial charge in [0.05, 0.1) is 30.3 Å². The van der Waals surface area contributed by atoms with Crippen LogP contribution in [0.25, 0.3) is 22.0 Å². The number of hydrogen-bond donors (Lipinski definition) is 1. The van der Waals surface area contributed by atoms with Crippen molar-refractivity contribution >= 4 is 29.1 Å². The van der Waals surface area contributed by atoms with E-state index in [-0.39, 0.29) is 0 Å². The van der Waals surface area contributed by atoms with Crippen molar-refractivity contribution in [2.75, 3.05) is 5.01 Å². The number of aromatic nitrogens is 1. The highest BCUT2D eigenvalue weighted by Gasteiger charge is 2.46. The molecule has 0 saturated heterocycles. The molecule has 3 heterocycles. The number of nitrogens with one attached hydrogen (secondary N) is 1. The molecule has 3 aromatic rings. The molecule has 0 spiro atoms. The van der Waals surface area contributed by atoms with Crippen molar-refractivity contribution in [3.05, 3.63) is 79.0 Å². The monoisotopic (exact) mass is 380 g/mol. The molecule has 5 nitrogen and oxygen atoms in total. The van der Waals surface area contributed by atoms with E-state index < -0.39 is 0 Å². The number of H-pyrrole nitrogens is 1. The van der Waals surface area contributed by atoms with E-state index in [1.165, 1.54) is 47.0 Å². The second-order valence-electron chi connectivity index (χ2n) is 7.86. The molecule has 1 aromatic heterocycles. The highest BCUT2D eigenvalue weighted by atomic mass is 15.8. The Hall–Kier alpha value is -3.44. The lowest BCUT2D eigenvalue weighted by atomic mass is 9.91. The second kappa shape index (κ2) is 6.29. The lowest BCUT2D eigenvalue weighted by Gasteiger charge is -2.46. The van der Waals surface area contributed by atoms with E-state index in [4.69, 9.17) is 0 Å². The highest BCUT2D eigenvalue weighted by Crippen LogP contribution is 2.40. The Morgan fingerprint density at radius 3 is 2.69 bits per heavy atom. The smallest absolute Gasteiger partial charge is 0.225 e. The van der Waals surface area contributed by atoms with Crippen molar-refractivity contribution in [3.8, 4) is 11.1 Å². The van der Waals surface area contributed by atoms with Gasteiger partial charge in [0.15, 0.2) is 6.20 Å². The highest BCUT2D eigenvalue weighted by molar-refractivity contribution is 5.95. The second-order valence-corrected chi connectivity index (χ2v) is 7.86. The number of quaternary nitrogens is 1. The van der Waals surface area contributed by atoms with Crippen molar-refractivity contribution in [3.63, 3.8) is 0 Å². The van der Waals surface area contributed by atoms with E-state index in [0.717, 1.165) is 5.70 Å². The van der Waals surface area contributed by atoms with Crippen LogP contribution in [0.2, 0.25) is 0 Å². The predicted octanol–water partition coefficient (Wildman–Crippen LogP) is 5.36. The largest absolute Gasteiger partial charge is 0.361 e. The summed E-state index contributed by atoms with van der Waals surface area (Å²) in [6.45, 7) is 0. The summed E-state index contributed by atoms with van der Waals surface area (Å²) in [4.78, 5) is 12.2. The fourth-order valence-corrected chi connectivity index (χ4v) is 4.54. The molecule has 1 saturated carbocycles. The molecule has 29 heavy (non-hydrogen) atoms. The molecule has 0 bridgehead atoms. The summed E-state index contributed by atoms with van der Waals surface area (Å²) in [5.41, 5.74) is 5.92. The van der Waals surface area contributed by atoms with Crippen molar-refractivity contribution in [1.29, 1.82) is 0 Å². The van der Waals surface area contributed by atoms with Crippen molar-refractivity contribution in [1.82, 2.24) is 4.98 Å². The van der Waals surface area contributed by atoms with Crippen LogP contribution in [0.3, 0.4) is 0 Å². The number of allylic oxidation sites excluding steroid dienone is 1. The molecule has 5 heteroatoms. The van der Waals surface area contributed by atoms with Crippen LogP contribution in [0, 0.1) is 0 Å². The SMILES string of the molecule is C1=C[N+]2(N(c3ccc(-c4c[nH]c5ccccc45)cc3)C3CCC3)C=NC=C2C=N1. The third-order valence-corrected chi connectivity index (χ3v) is 6.26. The van der Waals surface area contributed by atoms with Crippen LogP contribution in [0.5, 0.6) is 0 Å². The summed E-state index contributed by atoms with van der Waals surface area (Å²) < 4.78 is 0.501. The standard InChI is InChI=1S/C24H22N5/c1-2-7-24-22(6-1)23(16-27-24)18-8-10-20(11-9-18)28(19-4-3-5-19)29-13-12-25-14-21(29)15-26-17-29/h1-2,6-17,19,27H,3-5H2/q+1. The zero-order valence-corrected chi connectivity index (χ0v) is 16.1. The van der Waals surface area contributed by atoms with E-state index in [0.29, 0.717) is 10.6 Å². The van der Waals surface area contributed by atoms with Gasteiger partial charge < -0.3 is 4.98 Å². The Labute approximate surface area is 169 Å². The van der Waals surface area contributed by atoms with Crippen LogP contribution in [0.1, 0.15) is 19.3 Å². The maximum atomic E-state index is 4.48. The van der Waals surface area contributed by atoms with Crippen LogP contribution in [0.15, 0.2) is 89.0 Å². The summed E-state index contributed by atoms with van der Waals surface area (Å²) >= 11 is 0. The van der Waals surface area contributed by atoms with Gasteiger partial charge in [0.2, 0.25) is 12.0 Å². The number of aliphatic imine (C=N–C) groups is 2. The zero-order chi connectivity index (χ0) is 19.3. The molecule has 2 aliphatic heterocycles. The minimum Gasteiger partial charge on any atom is -0.361 e. The van der Waals surface area contributed by atoms with Crippen LogP contribution in [-0.4, -0.2) is 28.2 Å². The molecule has 1 N–H and O–H groups in total. The molecule has 142 valence electrons. The van der Waals surface area contributed by atoms with E-state index in [1.54, 1.807) is 0 Å². The van der Waals surface area contributed by atoms with E-state index in [9.17, 15) is 0 Å². The Morgan fingerprint density at radius 1 is 1.00 bits per heavy atom. The van der Waals surface area contributed by atoms with Gasteiger partial charge in [0.25, 0.3) is 0 Å². The zero-order valence-electron chi connectivity index (χ0n) is 16.1. The van der Waals surface area contributed by atoms with Crippen molar-refractivity contribution in [2.45, 2.75) is 25.3 Å². The van der Waals surface area contributed by atoms with Gasteiger partial charge in [-0.1, -0.05) is 30.3 Å². The molecule has 1 atom stereocenters. The van der Waals surface area contributed by atoms with Gasteiger partial charge in [0, 0.05) is 22.7 Å². The minimum atomic E-state index is 0.498. The van der Waals surface area contributed by atoms with Crippen molar-refractivity contribution in [2.24, 2.45) is 9.98 Å². The predicted molar refractivity (Wildman–Crippen MR) is 118 cm³/mol. The van der Waals surface area contributed by atoms with Gasteiger partial charge in [-0.25, -0.2) is 10.0 Å². The number of aromatic amines is 1. The molecule has 1 unspecified atom stereocenters. The van der Waals surface area contributed by atoms with Gasteiger partial charge in [-0.3, -0.25) is 4.99 Å². The van der Waals surface area contributed by atoms with Crippen LogP contribution in [-0.2, 0) is 0 Å². The molecule has 3 aliphatic rings. The van der Waals surface area contributed by atoms with Crippen LogP contribution >= 0.6 is 0 Å². The first-order chi connectivity index (χ1) is 14.4. The molecule has 1 aliphatic carbocycles. The maximum Gasteiger partial charge on any atom is 0.225 e. The Kier molecular flexibility index (Phi) is 3.58. The van der Waals surface area contributed by atoms with Crippen LogP contribution < -0.4 is 5.01 Å². The number of hydrogen-bond acceptors (Lipinski definition) is 3. The maximum absolute atomic E-state index is 4.48. The Balaban J connectivity index is 1.41. The molecule has 1 fully saturated rings. The fraction of sp³-hybridized carbons (Fsp3) is 0.167. The number of fused-ring (bicyclic) bond motifs is 2.